The summed E-state index contributed by atoms with van der Waals surface area (Å²) in [5.74, 6) is 0. The predicted molar refractivity (Wildman–Crippen MR) is 137 cm³/mol. The van der Waals surface area contributed by atoms with Crippen molar-refractivity contribution in [3.8, 4) is 0 Å². The van der Waals surface area contributed by atoms with Crippen LogP contribution in [0.5, 0.6) is 0 Å². The van der Waals surface area contributed by atoms with Gasteiger partial charge in [0.2, 0.25) is 0 Å². The first-order valence-corrected chi connectivity index (χ1v) is 11.6. The standard InChI is InChI=1S/C21H23Cl2N5O2S2/c1-21(2)18(28(30)19(29)25-14-7-10-16(22)17(23)11-14)27(20(31)32-21)24-12-13-5-8-15(9-6-13)26(3)4/h5-12,18,30H,1-4H3,(H,25,29)/b24-12+. The van der Waals surface area contributed by atoms with Crippen LogP contribution in [0.25, 0.3) is 0 Å². The molecule has 1 heterocycles. The lowest BCUT2D eigenvalue weighted by atomic mass is 10.1. The van der Waals surface area contributed by atoms with Crippen molar-refractivity contribution in [3.05, 3.63) is 58.1 Å². The van der Waals surface area contributed by atoms with Gasteiger partial charge in [-0.1, -0.05) is 59.3 Å². The Morgan fingerprint density at radius 2 is 1.88 bits per heavy atom. The van der Waals surface area contributed by atoms with Crippen LogP contribution in [0.2, 0.25) is 10.0 Å². The largest absolute Gasteiger partial charge is 0.378 e. The molecule has 1 aliphatic heterocycles. The predicted octanol–water partition coefficient (Wildman–Crippen LogP) is 5.76. The van der Waals surface area contributed by atoms with E-state index in [4.69, 9.17) is 35.4 Å². The molecule has 11 heteroatoms. The second-order valence-electron chi connectivity index (χ2n) is 7.82. The molecule has 0 saturated carbocycles. The number of thiocarbonyl (C=S) groups is 1. The van der Waals surface area contributed by atoms with E-state index in [1.165, 1.54) is 22.8 Å². The van der Waals surface area contributed by atoms with Crippen LogP contribution in [0.3, 0.4) is 0 Å². The second kappa shape index (κ2) is 9.84. The van der Waals surface area contributed by atoms with Crippen LogP contribution in [0.15, 0.2) is 47.6 Å². The number of carbonyl (C=O) groups is 1. The third-order valence-corrected chi connectivity index (χ3v) is 7.02. The lowest BCUT2D eigenvalue weighted by molar-refractivity contribution is -0.114. The maximum absolute atomic E-state index is 12.8. The summed E-state index contributed by atoms with van der Waals surface area (Å²) < 4.78 is -0.171. The van der Waals surface area contributed by atoms with Crippen molar-refractivity contribution >= 4 is 75.1 Å². The van der Waals surface area contributed by atoms with E-state index in [2.05, 4.69) is 10.4 Å². The lowest BCUT2D eigenvalue weighted by Gasteiger charge is -2.34. The average Bonchev–Trinajstić information content (AvgIpc) is 2.96. The van der Waals surface area contributed by atoms with E-state index in [-0.39, 0.29) is 0 Å². The van der Waals surface area contributed by atoms with Gasteiger partial charge >= 0.3 is 6.03 Å². The molecule has 2 amide bonds. The number of hydroxylamine groups is 2. The van der Waals surface area contributed by atoms with Gasteiger partial charge in [0, 0.05) is 25.5 Å². The molecule has 1 aliphatic rings. The monoisotopic (exact) mass is 511 g/mol. The number of nitrogens with one attached hydrogen (secondary N) is 1. The molecule has 7 nitrogen and oxygen atoms in total. The van der Waals surface area contributed by atoms with Crippen molar-refractivity contribution in [2.75, 3.05) is 24.3 Å². The molecular formula is C21H23Cl2N5O2S2. The molecule has 0 aromatic heterocycles. The number of thioether (sulfide) groups is 1. The summed E-state index contributed by atoms with van der Waals surface area (Å²) in [6, 6.07) is 11.7. The van der Waals surface area contributed by atoms with Gasteiger partial charge in [0.05, 0.1) is 21.0 Å². The Morgan fingerprint density at radius 1 is 1.22 bits per heavy atom. The maximum Gasteiger partial charge on any atom is 0.347 e. The fourth-order valence-electron chi connectivity index (χ4n) is 3.08. The molecule has 1 atom stereocenters. The fraction of sp³-hybridized carbons (Fsp3) is 0.286. The zero-order valence-electron chi connectivity index (χ0n) is 17.9. The summed E-state index contributed by atoms with van der Waals surface area (Å²) in [4.78, 5) is 14.8. The van der Waals surface area contributed by atoms with Crippen LogP contribution in [0.1, 0.15) is 19.4 Å². The minimum absolute atomic E-state index is 0.290. The van der Waals surface area contributed by atoms with Gasteiger partial charge in [-0.25, -0.2) is 9.80 Å². The van der Waals surface area contributed by atoms with Crippen LogP contribution < -0.4 is 10.2 Å². The average molecular weight is 512 g/mol. The van der Waals surface area contributed by atoms with Gasteiger partial charge in [0.1, 0.15) is 0 Å². The number of hydrogen-bond acceptors (Lipinski definition) is 6. The van der Waals surface area contributed by atoms with Gasteiger partial charge in [0.15, 0.2) is 10.5 Å². The van der Waals surface area contributed by atoms with Gasteiger partial charge in [-0.3, -0.25) is 5.21 Å². The van der Waals surface area contributed by atoms with Crippen molar-refractivity contribution in [2.45, 2.75) is 24.8 Å². The van der Waals surface area contributed by atoms with Crippen molar-refractivity contribution in [1.82, 2.24) is 10.1 Å². The van der Waals surface area contributed by atoms with E-state index in [1.807, 2.05) is 57.1 Å². The molecule has 170 valence electrons. The van der Waals surface area contributed by atoms with Crippen LogP contribution >= 0.6 is 47.2 Å². The Balaban J connectivity index is 1.80. The third kappa shape index (κ3) is 5.47. The molecule has 1 unspecified atom stereocenters. The Morgan fingerprint density at radius 3 is 2.47 bits per heavy atom. The van der Waals surface area contributed by atoms with Crippen LogP contribution in [-0.4, -0.2) is 56.9 Å². The van der Waals surface area contributed by atoms with E-state index in [1.54, 1.807) is 18.3 Å². The molecule has 1 saturated heterocycles. The number of hydrogen-bond donors (Lipinski definition) is 2. The van der Waals surface area contributed by atoms with Crippen molar-refractivity contribution in [1.29, 1.82) is 0 Å². The summed E-state index contributed by atoms with van der Waals surface area (Å²) >= 11 is 18.8. The summed E-state index contributed by atoms with van der Waals surface area (Å²) in [6.07, 6.45) is 0.811. The Labute approximate surface area is 206 Å². The minimum Gasteiger partial charge on any atom is -0.378 e. The maximum atomic E-state index is 12.8. The Hall–Kier alpha value is -2.04. The highest BCUT2D eigenvalue weighted by atomic mass is 35.5. The Bertz CT molecular complexity index is 1050. The molecule has 32 heavy (non-hydrogen) atoms. The summed E-state index contributed by atoms with van der Waals surface area (Å²) in [7, 11) is 3.93. The van der Waals surface area contributed by atoms with Gasteiger partial charge in [-0.05, 0) is 49.7 Å². The van der Waals surface area contributed by atoms with Crippen LogP contribution in [0, 0.1) is 0 Å². The lowest BCUT2D eigenvalue weighted by Crippen LogP contribution is -2.54. The topological polar surface area (TPSA) is 71.4 Å². The summed E-state index contributed by atoms with van der Waals surface area (Å²) in [5, 5.41) is 20.6. The number of hydrazone groups is 1. The number of amides is 2. The van der Waals surface area contributed by atoms with E-state index >= 15 is 0 Å². The highest BCUT2D eigenvalue weighted by Crippen LogP contribution is 2.42. The number of carbonyl (C=O) groups excluding carboxylic acids is 1. The van der Waals surface area contributed by atoms with Gasteiger partial charge in [-0.2, -0.15) is 10.2 Å². The van der Waals surface area contributed by atoms with Gasteiger partial charge in [0.25, 0.3) is 0 Å². The number of nitrogens with zero attached hydrogens (tertiary/aromatic N) is 4. The zero-order chi connectivity index (χ0) is 23.6. The molecular weight excluding hydrogens is 489 g/mol. The third-order valence-electron chi connectivity index (χ3n) is 4.74. The van der Waals surface area contributed by atoms with E-state index in [0.717, 1.165) is 11.3 Å². The first kappa shape index (κ1) is 24.6. The number of urea groups is 1. The highest BCUT2D eigenvalue weighted by molar-refractivity contribution is 8.24. The SMILES string of the molecule is CN(C)c1ccc(/C=N/N2C(=S)SC(C)(C)C2N(O)C(=O)Nc2ccc(Cl)c(Cl)c2)cc1. The summed E-state index contributed by atoms with van der Waals surface area (Å²) in [6.45, 7) is 3.76. The smallest absolute Gasteiger partial charge is 0.347 e. The first-order chi connectivity index (χ1) is 15.0. The Kier molecular flexibility index (Phi) is 7.57. The minimum atomic E-state index is -0.833. The molecule has 0 spiro atoms. The number of anilines is 2. The highest BCUT2D eigenvalue weighted by Gasteiger charge is 2.50. The van der Waals surface area contributed by atoms with E-state index in [9.17, 15) is 10.0 Å². The van der Waals surface area contributed by atoms with Gasteiger partial charge < -0.3 is 10.2 Å². The molecule has 0 radical (unpaired) electrons. The van der Waals surface area contributed by atoms with Crippen LogP contribution in [-0.2, 0) is 0 Å². The van der Waals surface area contributed by atoms with Crippen molar-refractivity contribution in [3.63, 3.8) is 0 Å². The van der Waals surface area contributed by atoms with Crippen molar-refractivity contribution < 1.29 is 10.0 Å². The molecule has 2 aromatic rings. The zero-order valence-corrected chi connectivity index (χ0v) is 21.1. The molecule has 3 rings (SSSR count). The van der Waals surface area contributed by atoms with Gasteiger partial charge in [-0.15, -0.1) is 0 Å². The second-order valence-corrected chi connectivity index (χ2v) is 10.9. The van der Waals surface area contributed by atoms with E-state index in [0.29, 0.717) is 25.1 Å². The number of benzene rings is 2. The van der Waals surface area contributed by atoms with E-state index < -0.39 is 16.9 Å². The normalized spacial score (nSPS) is 17.7. The molecule has 2 N–H and O–H groups in total. The molecule has 0 aliphatic carbocycles. The fourth-order valence-corrected chi connectivity index (χ4v) is 5.17. The molecule has 1 fully saturated rings. The number of rotatable bonds is 5. The summed E-state index contributed by atoms with van der Waals surface area (Å²) in [5.41, 5.74) is 2.32. The molecule has 0 bridgehead atoms. The quantitative estimate of drug-likeness (QED) is 0.230. The van der Waals surface area contributed by atoms with Crippen LogP contribution in [0.4, 0.5) is 16.2 Å². The molecule has 2 aromatic carbocycles. The number of halogens is 2. The van der Waals surface area contributed by atoms with Crippen molar-refractivity contribution in [2.24, 2.45) is 5.10 Å². The first-order valence-electron chi connectivity index (χ1n) is 9.57.